The Morgan fingerprint density at radius 2 is 1.68 bits per heavy atom. The Labute approximate surface area is 117 Å². The average Bonchev–Trinajstić information content (AvgIpc) is 2.89. The summed E-state index contributed by atoms with van der Waals surface area (Å²) in [6.07, 6.45) is 1.31. The van der Waals surface area contributed by atoms with Crippen molar-refractivity contribution in [2.24, 2.45) is 0 Å². The zero-order valence-corrected chi connectivity index (χ0v) is 11.4. The van der Waals surface area contributed by atoms with Crippen LogP contribution in [0.2, 0.25) is 0 Å². The van der Waals surface area contributed by atoms with Gasteiger partial charge in [0.15, 0.2) is 0 Å². The normalized spacial score (nSPS) is 12.7. The Bertz CT molecular complexity index is 657. The highest BCUT2D eigenvalue weighted by Crippen LogP contribution is 2.28. The van der Waals surface area contributed by atoms with E-state index in [2.05, 4.69) is 29.6 Å². The predicted octanol–water partition coefficient (Wildman–Crippen LogP) is 4.57. The van der Waals surface area contributed by atoms with Gasteiger partial charge in [-0.25, -0.2) is 0 Å². The lowest BCUT2D eigenvalue weighted by Crippen LogP contribution is -1.98. The van der Waals surface area contributed by atoms with Crippen LogP contribution in [0.5, 0.6) is 0 Å². The first-order chi connectivity index (χ1) is 9.34. The predicted molar refractivity (Wildman–Crippen MR) is 81.5 cm³/mol. The quantitative estimate of drug-likeness (QED) is 0.735. The van der Waals surface area contributed by atoms with Crippen LogP contribution < -0.4 is 0 Å². The van der Waals surface area contributed by atoms with Crippen LogP contribution in [0.1, 0.15) is 23.7 Å². The van der Waals surface area contributed by atoms with Crippen LogP contribution in [-0.4, -0.2) is 5.11 Å². The summed E-state index contributed by atoms with van der Waals surface area (Å²) in [6.45, 7) is 0. The number of hydrogen-bond acceptors (Lipinski definition) is 2. The SMILES string of the molecule is OC(CCc1csc2ccccc12)c1ccccc1. The van der Waals surface area contributed by atoms with Crippen molar-refractivity contribution < 1.29 is 5.11 Å². The minimum absolute atomic E-state index is 0.375. The molecule has 1 aromatic heterocycles. The highest BCUT2D eigenvalue weighted by molar-refractivity contribution is 7.17. The number of benzene rings is 2. The van der Waals surface area contributed by atoms with Gasteiger partial charge in [-0.15, -0.1) is 11.3 Å². The van der Waals surface area contributed by atoms with Gasteiger partial charge in [-0.3, -0.25) is 0 Å². The molecule has 0 aliphatic rings. The summed E-state index contributed by atoms with van der Waals surface area (Å²) in [5.74, 6) is 0. The van der Waals surface area contributed by atoms with Gasteiger partial charge < -0.3 is 5.11 Å². The maximum absolute atomic E-state index is 10.2. The van der Waals surface area contributed by atoms with E-state index >= 15 is 0 Å². The minimum Gasteiger partial charge on any atom is -0.388 e. The Morgan fingerprint density at radius 3 is 2.53 bits per heavy atom. The second kappa shape index (κ2) is 5.55. The summed E-state index contributed by atoms with van der Waals surface area (Å²) in [6, 6.07) is 18.3. The first-order valence-electron chi connectivity index (χ1n) is 6.53. The fraction of sp³-hybridized carbons (Fsp3) is 0.176. The minimum atomic E-state index is -0.375. The molecule has 3 rings (SSSR count). The van der Waals surface area contributed by atoms with E-state index in [1.165, 1.54) is 15.6 Å². The number of aryl methyl sites for hydroxylation is 1. The van der Waals surface area contributed by atoms with Gasteiger partial charge in [-0.2, -0.15) is 0 Å². The highest BCUT2D eigenvalue weighted by atomic mass is 32.1. The molecule has 3 aromatic rings. The van der Waals surface area contributed by atoms with Gasteiger partial charge in [0, 0.05) is 4.70 Å². The molecule has 0 saturated heterocycles. The van der Waals surface area contributed by atoms with Crippen molar-refractivity contribution in [2.75, 3.05) is 0 Å². The monoisotopic (exact) mass is 268 g/mol. The third-order valence-electron chi connectivity index (χ3n) is 3.43. The number of aliphatic hydroxyl groups is 1. The van der Waals surface area contributed by atoms with Crippen LogP contribution >= 0.6 is 11.3 Å². The first kappa shape index (κ1) is 12.4. The Hall–Kier alpha value is -1.64. The van der Waals surface area contributed by atoms with Gasteiger partial charge in [0.05, 0.1) is 6.10 Å². The van der Waals surface area contributed by atoms with Crippen molar-refractivity contribution in [2.45, 2.75) is 18.9 Å². The molecule has 1 unspecified atom stereocenters. The van der Waals surface area contributed by atoms with E-state index in [4.69, 9.17) is 0 Å². The van der Waals surface area contributed by atoms with Gasteiger partial charge in [0.25, 0.3) is 0 Å². The topological polar surface area (TPSA) is 20.2 Å². The summed E-state index contributed by atoms with van der Waals surface area (Å²) >= 11 is 1.78. The first-order valence-corrected chi connectivity index (χ1v) is 7.40. The molecule has 2 aromatic carbocycles. The number of hydrogen-bond donors (Lipinski definition) is 1. The Morgan fingerprint density at radius 1 is 0.947 bits per heavy atom. The number of thiophene rings is 1. The number of rotatable bonds is 4. The van der Waals surface area contributed by atoms with Gasteiger partial charge in [0.1, 0.15) is 0 Å². The molecule has 0 aliphatic heterocycles. The van der Waals surface area contributed by atoms with Crippen molar-refractivity contribution in [1.29, 1.82) is 0 Å². The summed E-state index contributed by atoms with van der Waals surface area (Å²) < 4.78 is 1.33. The molecule has 2 heteroatoms. The van der Waals surface area contributed by atoms with Crippen molar-refractivity contribution >= 4 is 21.4 Å². The van der Waals surface area contributed by atoms with E-state index in [1.807, 2.05) is 30.3 Å². The van der Waals surface area contributed by atoms with Gasteiger partial charge in [0.2, 0.25) is 0 Å². The van der Waals surface area contributed by atoms with Crippen LogP contribution in [-0.2, 0) is 6.42 Å². The Kier molecular flexibility index (Phi) is 3.62. The van der Waals surface area contributed by atoms with E-state index in [0.717, 1.165) is 18.4 Å². The van der Waals surface area contributed by atoms with Crippen LogP contribution in [0, 0.1) is 0 Å². The van der Waals surface area contributed by atoms with Crippen molar-refractivity contribution in [3.63, 3.8) is 0 Å². The molecule has 0 aliphatic carbocycles. The molecule has 1 atom stereocenters. The molecule has 96 valence electrons. The summed E-state index contributed by atoms with van der Waals surface area (Å²) in [4.78, 5) is 0. The molecule has 1 N–H and O–H groups in total. The van der Waals surface area contributed by atoms with Crippen LogP contribution in [0.3, 0.4) is 0 Å². The number of aliphatic hydroxyl groups excluding tert-OH is 1. The largest absolute Gasteiger partial charge is 0.388 e. The molecule has 1 heterocycles. The second-order valence-corrected chi connectivity index (χ2v) is 5.63. The van der Waals surface area contributed by atoms with Crippen LogP contribution in [0.15, 0.2) is 60.0 Å². The van der Waals surface area contributed by atoms with Crippen molar-refractivity contribution in [3.8, 4) is 0 Å². The maximum atomic E-state index is 10.2. The van der Waals surface area contributed by atoms with Gasteiger partial charge in [-0.05, 0) is 40.8 Å². The smallest absolute Gasteiger partial charge is 0.0793 e. The second-order valence-electron chi connectivity index (χ2n) is 4.72. The van der Waals surface area contributed by atoms with Gasteiger partial charge >= 0.3 is 0 Å². The Balaban J connectivity index is 1.73. The molecule has 0 spiro atoms. The standard InChI is InChI=1S/C17H16OS/c18-16(13-6-2-1-3-7-13)11-10-14-12-19-17-9-5-4-8-15(14)17/h1-9,12,16,18H,10-11H2. The molecule has 0 amide bonds. The number of fused-ring (bicyclic) bond motifs is 1. The van der Waals surface area contributed by atoms with Crippen LogP contribution in [0.25, 0.3) is 10.1 Å². The van der Waals surface area contributed by atoms with E-state index < -0.39 is 0 Å². The molecular formula is C17H16OS. The van der Waals surface area contributed by atoms with Crippen molar-refractivity contribution in [3.05, 3.63) is 71.1 Å². The third kappa shape index (κ3) is 2.70. The zero-order chi connectivity index (χ0) is 13.1. The zero-order valence-electron chi connectivity index (χ0n) is 10.6. The molecule has 0 bridgehead atoms. The molecule has 1 nitrogen and oxygen atoms in total. The van der Waals surface area contributed by atoms with E-state index in [9.17, 15) is 5.11 Å². The maximum Gasteiger partial charge on any atom is 0.0793 e. The lowest BCUT2D eigenvalue weighted by Gasteiger charge is -2.10. The lowest BCUT2D eigenvalue weighted by atomic mass is 10.0. The van der Waals surface area contributed by atoms with Crippen molar-refractivity contribution in [1.82, 2.24) is 0 Å². The molecule has 0 radical (unpaired) electrons. The van der Waals surface area contributed by atoms with E-state index in [1.54, 1.807) is 11.3 Å². The van der Waals surface area contributed by atoms with Crippen LogP contribution in [0.4, 0.5) is 0 Å². The van der Waals surface area contributed by atoms with E-state index in [0.29, 0.717) is 0 Å². The third-order valence-corrected chi connectivity index (χ3v) is 4.44. The fourth-order valence-corrected chi connectivity index (χ4v) is 3.36. The van der Waals surface area contributed by atoms with E-state index in [-0.39, 0.29) is 6.10 Å². The molecule has 0 fully saturated rings. The highest BCUT2D eigenvalue weighted by Gasteiger charge is 2.09. The molecule has 0 saturated carbocycles. The average molecular weight is 268 g/mol. The fourth-order valence-electron chi connectivity index (χ4n) is 2.36. The summed E-state index contributed by atoms with van der Waals surface area (Å²) in [5, 5.41) is 13.7. The summed E-state index contributed by atoms with van der Waals surface area (Å²) in [7, 11) is 0. The molecular weight excluding hydrogens is 252 g/mol. The molecule has 19 heavy (non-hydrogen) atoms. The van der Waals surface area contributed by atoms with Gasteiger partial charge in [-0.1, -0.05) is 48.5 Å². The lowest BCUT2D eigenvalue weighted by molar-refractivity contribution is 0.168. The summed E-state index contributed by atoms with van der Waals surface area (Å²) in [5.41, 5.74) is 2.35.